The van der Waals surface area contributed by atoms with Crippen molar-refractivity contribution in [2.75, 3.05) is 19.3 Å². The Morgan fingerprint density at radius 1 is 1.04 bits per heavy atom. The predicted octanol–water partition coefficient (Wildman–Crippen LogP) is -0.646. The van der Waals surface area contributed by atoms with Crippen LogP contribution in [0, 0.1) is 5.92 Å². The van der Waals surface area contributed by atoms with Crippen LogP contribution in [0.25, 0.3) is 11.0 Å². The Labute approximate surface area is 162 Å². The number of aryl methyl sites for hydroxylation is 2. The molecular weight excluding hydrogens is 408 g/mol. The average molecular weight is 431 g/mol. The largest absolute Gasteiger partial charge is 0.328 e. The summed E-state index contributed by atoms with van der Waals surface area (Å²) in [5.41, 5.74) is 0.724. The van der Waals surface area contributed by atoms with Crippen molar-refractivity contribution in [1.29, 1.82) is 0 Å². The molecule has 1 aliphatic rings. The Morgan fingerprint density at radius 2 is 1.61 bits per heavy atom. The molecule has 1 fully saturated rings. The van der Waals surface area contributed by atoms with E-state index in [-0.39, 0.29) is 36.5 Å². The summed E-state index contributed by atoms with van der Waals surface area (Å²) >= 11 is 0. The fraction of sp³-hybridized carbons (Fsp3) is 0.500. The second kappa shape index (κ2) is 7.01. The number of fused-ring (bicyclic) bond motifs is 1. The van der Waals surface area contributed by atoms with Gasteiger partial charge in [0.2, 0.25) is 15.9 Å². The Morgan fingerprint density at radius 3 is 2.18 bits per heavy atom. The molecule has 1 N–H and O–H groups in total. The molecule has 1 aromatic carbocycles. The van der Waals surface area contributed by atoms with E-state index in [0.717, 1.165) is 6.26 Å². The zero-order valence-electron chi connectivity index (χ0n) is 15.7. The molecule has 0 unspecified atom stereocenters. The standard InChI is InChI=1S/C16H22N4O6S2/c1-18-13-5-4-12(10-14(13)19(2)16(18)22)28(25,26)17-15(21)11-6-8-20(9-7-11)27(3,23)24/h4-5,10-11H,6-9H2,1-3H3,(H,17,21). The number of aromatic nitrogens is 2. The second-order valence-corrected chi connectivity index (χ2v) is 10.6. The summed E-state index contributed by atoms with van der Waals surface area (Å²) in [5.74, 6) is -1.24. The molecule has 0 radical (unpaired) electrons. The maximum atomic E-state index is 12.6. The molecule has 2 aromatic rings. The van der Waals surface area contributed by atoms with Crippen molar-refractivity contribution in [3.05, 3.63) is 28.7 Å². The van der Waals surface area contributed by atoms with Gasteiger partial charge >= 0.3 is 5.69 Å². The van der Waals surface area contributed by atoms with E-state index in [1.807, 2.05) is 0 Å². The molecule has 28 heavy (non-hydrogen) atoms. The van der Waals surface area contributed by atoms with E-state index < -0.39 is 31.9 Å². The zero-order valence-corrected chi connectivity index (χ0v) is 17.4. The van der Waals surface area contributed by atoms with E-state index >= 15 is 0 Å². The van der Waals surface area contributed by atoms with Crippen molar-refractivity contribution in [3.63, 3.8) is 0 Å². The van der Waals surface area contributed by atoms with Gasteiger partial charge in [0.05, 0.1) is 22.2 Å². The first-order valence-electron chi connectivity index (χ1n) is 8.59. The van der Waals surface area contributed by atoms with Crippen LogP contribution in [0.15, 0.2) is 27.9 Å². The van der Waals surface area contributed by atoms with Crippen LogP contribution in [0.2, 0.25) is 0 Å². The topological polar surface area (TPSA) is 128 Å². The van der Waals surface area contributed by atoms with Gasteiger partial charge in [-0.3, -0.25) is 13.9 Å². The van der Waals surface area contributed by atoms with Crippen LogP contribution in [0.1, 0.15) is 12.8 Å². The number of hydrogen-bond acceptors (Lipinski definition) is 6. The summed E-state index contributed by atoms with van der Waals surface area (Å²) < 4.78 is 54.4. The Hall–Kier alpha value is -2.18. The minimum absolute atomic E-state index is 0.122. The third kappa shape index (κ3) is 3.71. The lowest BCUT2D eigenvalue weighted by atomic mass is 9.98. The van der Waals surface area contributed by atoms with Crippen LogP contribution < -0.4 is 10.4 Å². The lowest BCUT2D eigenvalue weighted by Gasteiger charge is -2.29. The molecule has 10 nitrogen and oxygen atoms in total. The van der Waals surface area contributed by atoms with Gasteiger partial charge in [-0.15, -0.1) is 0 Å². The Balaban J connectivity index is 1.79. The first kappa shape index (κ1) is 20.6. The van der Waals surface area contributed by atoms with Gasteiger partial charge in [-0.1, -0.05) is 0 Å². The highest BCUT2D eigenvalue weighted by Crippen LogP contribution is 2.21. The van der Waals surface area contributed by atoms with Crippen LogP contribution in [0.3, 0.4) is 0 Å². The highest BCUT2D eigenvalue weighted by Gasteiger charge is 2.31. The predicted molar refractivity (Wildman–Crippen MR) is 103 cm³/mol. The summed E-state index contributed by atoms with van der Waals surface area (Å²) in [6.07, 6.45) is 1.60. The number of benzene rings is 1. The first-order chi connectivity index (χ1) is 12.9. The van der Waals surface area contributed by atoms with Crippen LogP contribution >= 0.6 is 0 Å². The summed E-state index contributed by atoms with van der Waals surface area (Å²) in [6.45, 7) is 0.351. The number of sulfonamides is 2. The zero-order chi connectivity index (χ0) is 20.9. The summed E-state index contributed by atoms with van der Waals surface area (Å²) in [7, 11) is -4.32. The third-order valence-electron chi connectivity index (χ3n) is 5.08. The number of piperidine rings is 1. The summed E-state index contributed by atoms with van der Waals surface area (Å²) in [6, 6.07) is 4.20. The minimum Gasteiger partial charge on any atom is -0.295 e. The van der Waals surface area contributed by atoms with Gasteiger partial charge in [-0.25, -0.2) is 30.7 Å². The summed E-state index contributed by atoms with van der Waals surface area (Å²) in [4.78, 5) is 24.3. The molecule has 3 rings (SSSR count). The molecule has 0 saturated carbocycles. The third-order valence-corrected chi connectivity index (χ3v) is 7.73. The van der Waals surface area contributed by atoms with Crippen molar-refractivity contribution in [3.8, 4) is 0 Å². The fourth-order valence-corrected chi connectivity index (χ4v) is 5.32. The van der Waals surface area contributed by atoms with Crippen LogP contribution in [0.5, 0.6) is 0 Å². The van der Waals surface area contributed by atoms with Crippen molar-refractivity contribution in [2.24, 2.45) is 20.0 Å². The summed E-state index contributed by atoms with van der Waals surface area (Å²) in [5, 5.41) is 0. The van der Waals surface area contributed by atoms with Gasteiger partial charge in [-0.05, 0) is 31.0 Å². The molecule has 1 aromatic heterocycles. The Bertz CT molecular complexity index is 1200. The highest BCUT2D eigenvalue weighted by molar-refractivity contribution is 7.90. The molecule has 1 saturated heterocycles. The number of amides is 1. The smallest absolute Gasteiger partial charge is 0.295 e. The van der Waals surface area contributed by atoms with Gasteiger partial charge in [0.25, 0.3) is 10.0 Å². The van der Waals surface area contributed by atoms with Gasteiger partial charge in [0.15, 0.2) is 0 Å². The van der Waals surface area contributed by atoms with Crippen molar-refractivity contribution in [2.45, 2.75) is 17.7 Å². The molecule has 0 atom stereocenters. The van der Waals surface area contributed by atoms with E-state index in [0.29, 0.717) is 11.0 Å². The molecule has 2 heterocycles. The molecular formula is C16H22N4O6S2. The van der Waals surface area contributed by atoms with Gasteiger partial charge in [-0.2, -0.15) is 0 Å². The van der Waals surface area contributed by atoms with Gasteiger partial charge < -0.3 is 0 Å². The molecule has 1 aliphatic heterocycles. The number of carbonyl (C=O) groups excluding carboxylic acids is 1. The lowest BCUT2D eigenvalue weighted by Crippen LogP contribution is -2.43. The van der Waals surface area contributed by atoms with E-state index in [1.165, 1.54) is 38.7 Å². The number of nitrogens with one attached hydrogen (secondary N) is 1. The quantitative estimate of drug-likeness (QED) is 0.687. The molecule has 0 aliphatic carbocycles. The van der Waals surface area contributed by atoms with Crippen molar-refractivity contribution >= 4 is 37.0 Å². The minimum atomic E-state index is -4.12. The van der Waals surface area contributed by atoms with Crippen LogP contribution in [-0.4, -0.2) is 55.5 Å². The SMILES string of the molecule is Cn1c(=O)n(C)c2cc(S(=O)(=O)NC(=O)C3CCN(S(C)(=O)=O)CC3)ccc21. The van der Waals surface area contributed by atoms with Crippen LogP contribution in [-0.2, 0) is 38.9 Å². The van der Waals surface area contributed by atoms with Crippen molar-refractivity contribution < 1.29 is 21.6 Å². The van der Waals surface area contributed by atoms with E-state index in [4.69, 9.17) is 0 Å². The molecule has 154 valence electrons. The molecule has 1 amide bonds. The molecule has 0 bridgehead atoms. The first-order valence-corrected chi connectivity index (χ1v) is 11.9. The number of nitrogens with zero attached hydrogens (tertiary/aromatic N) is 3. The van der Waals surface area contributed by atoms with Crippen LogP contribution in [0.4, 0.5) is 0 Å². The second-order valence-electron chi connectivity index (χ2n) is 6.96. The van der Waals surface area contributed by atoms with Gasteiger partial charge in [0.1, 0.15) is 0 Å². The monoisotopic (exact) mass is 430 g/mol. The van der Waals surface area contributed by atoms with Crippen molar-refractivity contribution in [1.82, 2.24) is 18.2 Å². The normalized spacial score (nSPS) is 17.1. The number of rotatable bonds is 4. The number of imidazole rings is 1. The number of hydrogen-bond donors (Lipinski definition) is 1. The fourth-order valence-electron chi connectivity index (χ4n) is 3.38. The van der Waals surface area contributed by atoms with E-state index in [9.17, 15) is 26.4 Å². The highest BCUT2D eigenvalue weighted by atomic mass is 32.2. The molecule has 0 spiro atoms. The molecule has 12 heteroatoms. The van der Waals surface area contributed by atoms with Gasteiger partial charge in [0, 0.05) is 33.1 Å². The van der Waals surface area contributed by atoms with E-state index in [1.54, 1.807) is 7.05 Å². The average Bonchev–Trinajstić information content (AvgIpc) is 2.85. The lowest BCUT2D eigenvalue weighted by molar-refractivity contribution is -0.124. The number of carbonyl (C=O) groups is 1. The maximum Gasteiger partial charge on any atom is 0.328 e. The Kier molecular flexibility index (Phi) is 5.15. The maximum absolute atomic E-state index is 12.6. The van der Waals surface area contributed by atoms with E-state index in [2.05, 4.69) is 4.72 Å².